The summed E-state index contributed by atoms with van der Waals surface area (Å²) in [5.74, 6) is -12.9. The van der Waals surface area contributed by atoms with E-state index in [0.29, 0.717) is 5.76 Å². The largest absolute Gasteiger partial charge is 0.497 e. The zero-order valence-electron chi connectivity index (χ0n) is 24.1. The highest BCUT2D eigenvalue weighted by Gasteiger charge is 2.48. The van der Waals surface area contributed by atoms with Gasteiger partial charge in [-0.25, -0.2) is 0 Å². The Kier molecular flexibility index (Phi) is 11.7. The first-order valence-corrected chi connectivity index (χ1v) is 13.5. The summed E-state index contributed by atoms with van der Waals surface area (Å²) in [7, 11) is 1.36. The molecule has 1 unspecified atom stereocenters. The van der Waals surface area contributed by atoms with Gasteiger partial charge < -0.3 is 26.4 Å². The molecule has 0 saturated heterocycles. The van der Waals surface area contributed by atoms with Gasteiger partial charge in [0.25, 0.3) is 11.7 Å². The number of primary amides is 1. The van der Waals surface area contributed by atoms with Crippen LogP contribution in [-0.4, -0.2) is 60.8 Å². The second-order valence-electron chi connectivity index (χ2n) is 10.7. The number of rotatable bonds is 13. The highest BCUT2D eigenvalue weighted by Crippen LogP contribution is 2.34. The maximum atomic E-state index is 15.0. The summed E-state index contributed by atoms with van der Waals surface area (Å²) in [6.07, 6.45) is -1.95. The van der Waals surface area contributed by atoms with Crippen molar-refractivity contribution in [2.24, 2.45) is 17.1 Å². The second-order valence-corrected chi connectivity index (χ2v) is 11.1. The average Bonchev–Trinajstić information content (AvgIpc) is 2.93. The molecule has 0 heterocycles. The summed E-state index contributed by atoms with van der Waals surface area (Å²) in [6, 6.07) is -1.67. The summed E-state index contributed by atoms with van der Waals surface area (Å²) in [5.41, 5.74) is 2.97. The molecule has 16 heteroatoms. The van der Waals surface area contributed by atoms with Crippen molar-refractivity contribution in [3.63, 3.8) is 0 Å². The Morgan fingerprint density at radius 2 is 1.68 bits per heavy atom. The summed E-state index contributed by atoms with van der Waals surface area (Å²) < 4.78 is 74.8. The number of halogens is 6. The summed E-state index contributed by atoms with van der Waals surface area (Å²) in [6.45, 7) is 3.97. The average molecular weight is 651 g/mol. The van der Waals surface area contributed by atoms with Gasteiger partial charge in [-0.3, -0.25) is 24.0 Å². The minimum absolute atomic E-state index is 0.0235. The Morgan fingerprint density at radius 1 is 1.05 bits per heavy atom. The fourth-order valence-corrected chi connectivity index (χ4v) is 4.48. The third kappa shape index (κ3) is 9.00. The fourth-order valence-electron chi connectivity index (χ4n) is 4.29. The molecule has 0 fully saturated rings. The number of Topliss-reactive ketones (excluding diaryl/α,β-unsaturated/α-hetero) is 1. The minimum Gasteiger partial charge on any atom is -0.497 e. The number of carbonyl (C=O) groups is 5. The molecule has 0 spiro atoms. The van der Waals surface area contributed by atoms with Gasteiger partial charge in [0, 0.05) is 16.0 Å². The molecule has 1 aliphatic rings. The molecule has 0 aromatic heterocycles. The molecule has 10 nitrogen and oxygen atoms in total. The van der Waals surface area contributed by atoms with Crippen LogP contribution in [-0.2, 0) is 34.6 Å². The molecule has 1 aromatic rings. The van der Waals surface area contributed by atoms with Crippen LogP contribution in [0.15, 0.2) is 48.3 Å². The molecule has 4 atom stereocenters. The Morgan fingerprint density at radius 3 is 2.16 bits per heavy atom. The molecule has 0 aliphatic heterocycles. The molecule has 1 aliphatic carbocycles. The predicted molar refractivity (Wildman–Crippen MR) is 148 cm³/mol. The molecule has 0 radical (unpaired) electrons. The van der Waals surface area contributed by atoms with Crippen molar-refractivity contribution in [3.05, 3.63) is 58.8 Å². The van der Waals surface area contributed by atoms with Gasteiger partial charge in [0.2, 0.25) is 17.7 Å². The first-order chi connectivity index (χ1) is 20.2. The first-order valence-electron chi connectivity index (χ1n) is 13.1. The van der Waals surface area contributed by atoms with Gasteiger partial charge in [0.05, 0.1) is 19.6 Å². The highest BCUT2D eigenvalue weighted by atomic mass is 35.5. The Balaban J connectivity index is 2.45. The third-order valence-electron chi connectivity index (χ3n) is 6.84. The van der Waals surface area contributed by atoms with E-state index in [1.165, 1.54) is 52.2 Å². The van der Waals surface area contributed by atoms with Crippen LogP contribution in [0.25, 0.3) is 0 Å². The van der Waals surface area contributed by atoms with Crippen LogP contribution in [0.1, 0.15) is 39.2 Å². The van der Waals surface area contributed by atoms with Gasteiger partial charge in [0.1, 0.15) is 17.8 Å². The monoisotopic (exact) mass is 650 g/mol. The number of ketones is 1. The molecule has 0 bridgehead atoms. The molecular weight excluding hydrogens is 619 g/mol. The maximum Gasteiger partial charge on any atom is 0.452 e. The van der Waals surface area contributed by atoms with E-state index in [1.54, 1.807) is 5.32 Å². The van der Waals surface area contributed by atoms with Crippen LogP contribution in [0.5, 0.6) is 0 Å². The quantitative estimate of drug-likeness (QED) is 0.241. The van der Waals surface area contributed by atoms with E-state index < -0.39 is 83.0 Å². The Hall–Kier alpha value is -4.01. The summed E-state index contributed by atoms with van der Waals surface area (Å²) >= 11 is 5.74. The predicted octanol–water partition coefficient (Wildman–Crippen LogP) is 3.05. The normalized spacial score (nSPS) is 18.8. The lowest BCUT2D eigenvalue weighted by molar-refractivity contribution is -0.175. The smallest absolute Gasteiger partial charge is 0.452 e. The van der Waals surface area contributed by atoms with E-state index in [9.17, 15) is 45.9 Å². The highest BCUT2D eigenvalue weighted by molar-refractivity contribution is 6.30. The van der Waals surface area contributed by atoms with Crippen LogP contribution in [0.2, 0.25) is 5.02 Å². The lowest BCUT2D eigenvalue weighted by atomic mass is 9.75. The van der Waals surface area contributed by atoms with Crippen molar-refractivity contribution in [1.82, 2.24) is 16.0 Å². The number of amides is 4. The fraction of sp³-hybridized carbons (Fsp3) is 0.464. The van der Waals surface area contributed by atoms with Crippen molar-refractivity contribution < 1.29 is 50.7 Å². The number of allylic oxidation sites excluding steroid dienone is 2. The van der Waals surface area contributed by atoms with Crippen LogP contribution < -0.4 is 21.7 Å². The van der Waals surface area contributed by atoms with E-state index in [-0.39, 0.29) is 11.4 Å². The van der Waals surface area contributed by atoms with Crippen LogP contribution >= 0.6 is 11.6 Å². The second kappa shape index (κ2) is 14.2. The third-order valence-corrected chi connectivity index (χ3v) is 7.08. The van der Waals surface area contributed by atoms with Crippen LogP contribution in [0.3, 0.4) is 0 Å². The van der Waals surface area contributed by atoms with Gasteiger partial charge in [-0.05, 0) is 36.6 Å². The van der Waals surface area contributed by atoms with Gasteiger partial charge in [-0.15, -0.1) is 0 Å². The van der Waals surface area contributed by atoms with E-state index in [4.69, 9.17) is 22.1 Å². The van der Waals surface area contributed by atoms with Crippen molar-refractivity contribution in [1.29, 1.82) is 0 Å². The zero-order valence-corrected chi connectivity index (χ0v) is 24.8. The van der Waals surface area contributed by atoms with Crippen molar-refractivity contribution in [2.45, 2.75) is 63.8 Å². The lowest BCUT2D eigenvalue weighted by Gasteiger charge is -2.37. The molecule has 1 aromatic carbocycles. The van der Waals surface area contributed by atoms with E-state index in [0.717, 1.165) is 18.2 Å². The SMILES string of the molecule is COC1=CCC(C)([C@H](NC(=O)[C@H](CC(N)=O)NC(=O)C(F)(F)c2cccc(Cl)c2)C(=O)N[C@H](C(=O)C(F)(F)F)C(C)C)C=C1. The number of carbonyl (C=O) groups excluding carboxylic acids is 5. The number of hydrogen-bond acceptors (Lipinski definition) is 6. The van der Waals surface area contributed by atoms with Gasteiger partial charge in [0.15, 0.2) is 0 Å². The number of benzene rings is 1. The molecule has 2 rings (SSSR count). The number of alkyl halides is 5. The molecule has 4 amide bonds. The van der Waals surface area contributed by atoms with E-state index in [1.807, 2.05) is 5.32 Å². The lowest BCUT2D eigenvalue weighted by Crippen LogP contribution is -2.62. The zero-order chi connectivity index (χ0) is 33.6. The topological polar surface area (TPSA) is 157 Å². The summed E-state index contributed by atoms with van der Waals surface area (Å²) in [4.78, 5) is 63.3. The maximum absolute atomic E-state index is 15.0. The number of nitrogens with one attached hydrogen (secondary N) is 3. The number of ether oxygens (including phenoxy) is 1. The van der Waals surface area contributed by atoms with Gasteiger partial charge >= 0.3 is 12.1 Å². The van der Waals surface area contributed by atoms with Gasteiger partial charge in [-0.2, -0.15) is 22.0 Å². The molecule has 5 N–H and O–H groups in total. The molecular formula is C28H32ClF5N4O6. The van der Waals surface area contributed by atoms with E-state index >= 15 is 0 Å². The summed E-state index contributed by atoms with van der Waals surface area (Å²) in [5, 5.41) is 5.90. The molecule has 242 valence electrons. The molecule has 44 heavy (non-hydrogen) atoms. The Bertz CT molecular complexity index is 1350. The van der Waals surface area contributed by atoms with Crippen LogP contribution in [0.4, 0.5) is 22.0 Å². The number of hydrogen-bond donors (Lipinski definition) is 4. The number of methoxy groups -OCH3 is 1. The van der Waals surface area contributed by atoms with Crippen molar-refractivity contribution in [3.8, 4) is 0 Å². The standard InChI is InChI=1S/C28H32ClF5N4O6/c1-14(2)20(22(40)28(32,33)34)37-24(42)21(26(3)10-8-17(44-4)9-11-26)38-23(41)18(13-19(35)39)36-25(43)27(30,31)15-6-5-7-16(29)12-15/h5-10,12,14,18,20-21H,11,13H2,1-4H3,(H2,35,39)(H,36,43)(H,37,42)(H,38,41)/t18-,20-,21+,26?/m0/s1. The minimum atomic E-state index is -5.29. The van der Waals surface area contributed by atoms with Crippen molar-refractivity contribution in [2.75, 3.05) is 7.11 Å². The first kappa shape index (κ1) is 36.2. The van der Waals surface area contributed by atoms with E-state index in [2.05, 4.69) is 5.32 Å². The van der Waals surface area contributed by atoms with Gasteiger partial charge in [-0.1, -0.05) is 50.6 Å². The number of nitrogens with two attached hydrogens (primary N) is 1. The van der Waals surface area contributed by atoms with Crippen LogP contribution in [0, 0.1) is 11.3 Å². The Labute approximate surface area is 254 Å². The molecule has 0 saturated carbocycles. The van der Waals surface area contributed by atoms with Crippen molar-refractivity contribution >= 4 is 41.0 Å².